The Kier molecular flexibility index (Phi) is 5.28. The molecule has 0 saturated heterocycles. The number of rotatable bonds is 5. The zero-order chi connectivity index (χ0) is 9.61. The van der Waals surface area contributed by atoms with Crippen molar-refractivity contribution in [3.8, 4) is 0 Å². The van der Waals surface area contributed by atoms with E-state index in [1.807, 2.05) is 0 Å². The summed E-state index contributed by atoms with van der Waals surface area (Å²) < 4.78 is 4.51. The highest BCUT2D eigenvalue weighted by atomic mass is 32.2. The van der Waals surface area contributed by atoms with Crippen LogP contribution in [-0.2, 0) is 9.53 Å². The number of thioether (sulfide) groups is 1. The number of carbonyl (C=O) groups excluding carboxylic acids is 1. The summed E-state index contributed by atoms with van der Waals surface area (Å²) in [5.74, 6) is 0.622. The minimum Gasteiger partial charge on any atom is -0.468 e. The second kappa shape index (κ2) is 5.40. The van der Waals surface area contributed by atoms with Crippen LogP contribution in [0.2, 0.25) is 0 Å². The van der Waals surface area contributed by atoms with E-state index in [1.165, 1.54) is 18.9 Å². The van der Waals surface area contributed by atoms with Gasteiger partial charge < -0.3 is 15.6 Å². The minimum absolute atomic E-state index is 0.0991. The third-order valence-corrected chi connectivity index (χ3v) is 2.56. The summed E-state index contributed by atoms with van der Waals surface area (Å²) >= 11 is 1.43. The maximum Gasteiger partial charge on any atom is 0.326 e. The number of hydrogen-bond donors (Lipinski definition) is 2. The summed E-state index contributed by atoms with van der Waals surface area (Å²) in [5.41, 5.74) is 4.68. The third kappa shape index (κ3) is 3.94. The highest BCUT2D eigenvalue weighted by molar-refractivity contribution is 7.99. The largest absolute Gasteiger partial charge is 0.468 e. The third-order valence-electron chi connectivity index (χ3n) is 1.29. The van der Waals surface area contributed by atoms with Gasteiger partial charge in [0, 0.05) is 11.5 Å². The molecular weight excluding hydrogens is 178 g/mol. The van der Waals surface area contributed by atoms with Crippen LogP contribution in [0.3, 0.4) is 0 Å². The first-order chi connectivity index (χ1) is 5.54. The SMILES string of the molecule is COC(=O)C(C)(N)CSCCO. The molecule has 0 aromatic heterocycles. The maximum absolute atomic E-state index is 11.0. The number of aliphatic hydroxyl groups excluding tert-OH is 1. The van der Waals surface area contributed by atoms with Crippen LogP contribution in [0, 0.1) is 0 Å². The summed E-state index contributed by atoms with van der Waals surface area (Å²) in [6.45, 7) is 1.71. The van der Waals surface area contributed by atoms with Crippen LogP contribution in [0.25, 0.3) is 0 Å². The molecule has 0 rings (SSSR count). The van der Waals surface area contributed by atoms with E-state index >= 15 is 0 Å². The lowest BCUT2D eigenvalue weighted by atomic mass is 10.1. The van der Waals surface area contributed by atoms with Crippen LogP contribution >= 0.6 is 11.8 Å². The first-order valence-electron chi connectivity index (χ1n) is 3.60. The lowest BCUT2D eigenvalue weighted by molar-refractivity contribution is -0.145. The van der Waals surface area contributed by atoms with E-state index in [4.69, 9.17) is 10.8 Å². The molecule has 5 heteroatoms. The summed E-state index contributed by atoms with van der Waals surface area (Å²) in [7, 11) is 1.31. The highest BCUT2D eigenvalue weighted by Crippen LogP contribution is 2.11. The minimum atomic E-state index is -0.950. The number of carbonyl (C=O) groups is 1. The van der Waals surface area contributed by atoms with Crippen LogP contribution in [0.1, 0.15) is 6.92 Å². The molecule has 0 heterocycles. The molecule has 12 heavy (non-hydrogen) atoms. The van der Waals surface area contributed by atoms with Gasteiger partial charge in [0.25, 0.3) is 0 Å². The fraction of sp³-hybridized carbons (Fsp3) is 0.857. The van der Waals surface area contributed by atoms with Gasteiger partial charge in [-0.3, -0.25) is 4.79 Å². The van der Waals surface area contributed by atoms with Crippen molar-refractivity contribution >= 4 is 17.7 Å². The van der Waals surface area contributed by atoms with Crippen LogP contribution in [-0.4, -0.2) is 41.8 Å². The van der Waals surface area contributed by atoms with E-state index in [1.54, 1.807) is 6.92 Å². The van der Waals surface area contributed by atoms with Gasteiger partial charge in [-0.2, -0.15) is 11.8 Å². The smallest absolute Gasteiger partial charge is 0.326 e. The van der Waals surface area contributed by atoms with E-state index in [-0.39, 0.29) is 6.61 Å². The van der Waals surface area contributed by atoms with Gasteiger partial charge in [-0.25, -0.2) is 0 Å². The number of ether oxygens (including phenoxy) is 1. The van der Waals surface area contributed by atoms with Gasteiger partial charge in [-0.1, -0.05) is 0 Å². The van der Waals surface area contributed by atoms with Crippen molar-refractivity contribution in [2.45, 2.75) is 12.5 Å². The van der Waals surface area contributed by atoms with Gasteiger partial charge in [0.1, 0.15) is 5.54 Å². The molecule has 0 spiro atoms. The molecule has 0 amide bonds. The lowest BCUT2D eigenvalue weighted by Crippen LogP contribution is -2.48. The molecule has 72 valence electrons. The molecular formula is C7H15NO3S. The fourth-order valence-electron chi connectivity index (χ4n) is 0.641. The van der Waals surface area contributed by atoms with Crippen LogP contribution in [0.5, 0.6) is 0 Å². The molecule has 0 bridgehead atoms. The lowest BCUT2D eigenvalue weighted by Gasteiger charge is -2.20. The Morgan fingerprint density at radius 3 is 2.75 bits per heavy atom. The van der Waals surface area contributed by atoms with Crippen LogP contribution < -0.4 is 5.73 Å². The van der Waals surface area contributed by atoms with Gasteiger partial charge >= 0.3 is 5.97 Å². The molecule has 0 radical (unpaired) electrons. The van der Waals surface area contributed by atoms with Gasteiger partial charge in [-0.05, 0) is 6.92 Å². The Morgan fingerprint density at radius 1 is 1.75 bits per heavy atom. The highest BCUT2D eigenvalue weighted by Gasteiger charge is 2.28. The van der Waals surface area contributed by atoms with Gasteiger partial charge in [0.05, 0.1) is 13.7 Å². The second-order valence-corrected chi connectivity index (χ2v) is 3.79. The molecule has 0 aromatic carbocycles. The number of aliphatic hydroxyl groups is 1. The van der Waals surface area contributed by atoms with E-state index < -0.39 is 11.5 Å². The Labute approximate surface area is 76.5 Å². The zero-order valence-corrected chi connectivity index (χ0v) is 8.19. The van der Waals surface area contributed by atoms with E-state index in [9.17, 15) is 4.79 Å². The van der Waals surface area contributed by atoms with Crippen LogP contribution in [0.15, 0.2) is 0 Å². The van der Waals surface area contributed by atoms with Gasteiger partial charge in [0.2, 0.25) is 0 Å². The first kappa shape index (κ1) is 11.7. The van der Waals surface area contributed by atoms with Crippen molar-refractivity contribution in [1.29, 1.82) is 0 Å². The van der Waals surface area contributed by atoms with Gasteiger partial charge in [0.15, 0.2) is 0 Å². The monoisotopic (exact) mass is 193 g/mol. The van der Waals surface area contributed by atoms with Crippen LogP contribution in [0.4, 0.5) is 0 Å². The van der Waals surface area contributed by atoms with E-state index in [0.29, 0.717) is 11.5 Å². The predicted octanol–water partition coefficient (Wildman–Crippen LogP) is -0.398. The molecule has 0 fully saturated rings. The van der Waals surface area contributed by atoms with Crippen molar-refractivity contribution in [3.63, 3.8) is 0 Å². The van der Waals surface area contributed by atoms with E-state index in [0.717, 1.165) is 0 Å². The standard InChI is InChI=1S/C7H15NO3S/c1-7(8,6(10)11-2)5-12-4-3-9/h9H,3-5,8H2,1-2H3. The van der Waals surface area contributed by atoms with Crippen molar-refractivity contribution in [2.75, 3.05) is 25.2 Å². The second-order valence-electron chi connectivity index (χ2n) is 2.69. The van der Waals surface area contributed by atoms with Gasteiger partial charge in [-0.15, -0.1) is 0 Å². The predicted molar refractivity (Wildman–Crippen MR) is 49.0 cm³/mol. The van der Waals surface area contributed by atoms with E-state index in [2.05, 4.69) is 4.74 Å². The molecule has 0 aliphatic carbocycles. The van der Waals surface area contributed by atoms with Crippen molar-refractivity contribution in [3.05, 3.63) is 0 Å². The Hall–Kier alpha value is -0.260. The fourth-order valence-corrected chi connectivity index (χ4v) is 1.46. The summed E-state index contributed by atoms with van der Waals surface area (Å²) in [4.78, 5) is 11.0. The topological polar surface area (TPSA) is 72.5 Å². The Morgan fingerprint density at radius 2 is 2.33 bits per heavy atom. The first-order valence-corrected chi connectivity index (χ1v) is 4.76. The van der Waals surface area contributed by atoms with Crippen molar-refractivity contribution in [2.24, 2.45) is 5.73 Å². The normalized spacial score (nSPS) is 15.3. The molecule has 1 unspecified atom stereocenters. The number of esters is 1. The quantitative estimate of drug-likeness (QED) is 0.459. The zero-order valence-electron chi connectivity index (χ0n) is 7.37. The number of hydrogen-bond acceptors (Lipinski definition) is 5. The molecule has 4 nitrogen and oxygen atoms in total. The number of methoxy groups -OCH3 is 1. The summed E-state index contributed by atoms with van der Waals surface area (Å²) in [6, 6.07) is 0. The average molecular weight is 193 g/mol. The summed E-state index contributed by atoms with van der Waals surface area (Å²) in [6.07, 6.45) is 0. The molecule has 0 saturated carbocycles. The van der Waals surface area contributed by atoms with Crippen molar-refractivity contribution < 1.29 is 14.6 Å². The molecule has 0 aromatic rings. The molecule has 0 aliphatic rings. The Bertz CT molecular complexity index is 150. The van der Waals surface area contributed by atoms with Crippen molar-refractivity contribution in [1.82, 2.24) is 0 Å². The molecule has 1 atom stereocenters. The number of nitrogens with two attached hydrogens (primary N) is 1. The molecule has 0 aliphatic heterocycles. The molecule has 3 N–H and O–H groups in total. The average Bonchev–Trinajstić information content (AvgIpc) is 2.03. The maximum atomic E-state index is 11.0. The summed E-state index contributed by atoms with van der Waals surface area (Å²) in [5, 5.41) is 8.48. The Balaban J connectivity index is 3.78.